The van der Waals surface area contributed by atoms with Gasteiger partial charge < -0.3 is 9.84 Å². The predicted molar refractivity (Wildman–Crippen MR) is 72.0 cm³/mol. The fourth-order valence-electron chi connectivity index (χ4n) is 3.43. The molecule has 1 saturated carbocycles. The first-order valence-electron chi connectivity index (χ1n) is 6.78. The molecule has 0 amide bonds. The monoisotopic (exact) mass is 266 g/mol. The summed E-state index contributed by atoms with van der Waals surface area (Å²) < 4.78 is 6.22. The van der Waals surface area contributed by atoms with Crippen LogP contribution in [0.2, 0.25) is 5.02 Å². The maximum atomic E-state index is 10.3. The molecule has 0 saturated heterocycles. The predicted octanol–water partition coefficient (Wildman–Crippen LogP) is 4.10. The summed E-state index contributed by atoms with van der Waals surface area (Å²) in [7, 11) is 0. The van der Waals surface area contributed by atoms with Crippen molar-refractivity contribution in [3.63, 3.8) is 0 Å². The molecule has 1 N–H and O–H groups in total. The van der Waals surface area contributed by atoms with Crippen molar-refractivity contribution in [3.05, 3.63) is 28.8 Å². The highest BCUT2D eigenvalue weighted by atomic mass is 35.5. The molecule has 3 atom stereocenters. The van der Waals surface area contributed by atoms with Gasteiger partial charge in [-0.25, -0.2) is 0 Å². The number of fused-ring (bicyclic) bond motifs is 1. The molecule has 1 fully saturated rings. The molecule has 1 aromatic carbocycles. The number of rotatable bonds is 1. The van der Waals surface area contributed by atoms with E-state index >= 15 is 0 Å². The number of ether oxygens (including phenoxy) is 1. The summed E-state index contributed by atoms with van der Waals surface area (Å²) in [5.74, 6) is 1.56. The van der Waals surface area contributed by atoms with Crippen LogP contribution in [0.25, 0.3) is 0 Å². The SMILES string of the molecule is CCC1CCC2(C1)C[C@@H](O)c1cc(Cl)ccc1O2. The molecule has 2 nitrogen and oxygen atoms in total. The molecule has 1 aromatic rings. The number of aliphatic hydroxyl groups excluding tert-OH is 1. The van der Waals surface area contributed by atoms with Crippen molar-refractivity contribution in [3.8, 4) is 5.75 Å². The fraction of sp³-hybridized carbons (Fsp3) is 0.600. The van der Waals surface area contributed by atoms with E-state index in [2.05, 4.69) is 6.92 Å². The van der Waals surface area contributed by atoms with E-state index in [0.717, 1.165) is 30.1 Å². The Balaban J connectivity index is 1.90. The highest BCUT2D eigenvalue weighted by molar-refractivity contribution is 6.30. The van der Waals surface area contributed by atoms with E-state index in [1.165, 1.54) is 12.8 Å². The minimum absolute atomic E-state index is 0.138. The van der Waals surface area contributed by atoms with E-state index in [1.54, 1.807) is 0 Å². The summed E-state index contributed by atoms with van der Waals surface area (Å²) >= 11 is 5.97. The Morgan fingerprint density at radius 1 is 1.44 bits per heavy atom. The zero-order valence-electron chi connectivity index (χ0n) is 10.7. The normalized spacial score (nSPS) is 34.4. The average Bonchev–Trinajstić information content (AvgIpc) is 2.73. The average molecular weight is 267 g/mol. The molecule has 1 heterocycles. The first-order valence-corrected chi connectivity index (χ1v) is 7.16. The highest BCUT2D eigenvalue weighted by Gasteiger charge is 2.45. The quantitative estimate of drug-likeness (QED) is 0.829. The third-order valence-electron chi connectivity index (χ3n) is 4.47. The number of hydrogen-bond donors (Lipinski definition) is 1. The van der Waals surface area contributed by atoms with Gasteiger partial charge in [0.15, 0.2) is 0 Å². The van der Waals surface area contributed by atoms with E-state index in [4.69, 9.17) is 16.3 Å². The lowest BCUT2D eigenvalue weighted by atomic mass is 9.86. The number of aliphatic hydroxyl groups is 1. The maximum absolute atomic E-state index is 10.3. The number of benzene rings is 1. The van der Waals surface area contributed by atoms with Crippen molar-refractivity contribution in [1.29, 1.82) is 0 Å². The molecule has 1 aliphatic carbocycles. The van der Waals surface area contributed by atoms with Crippen LogP contribution in [0.15, 0.2) is 18.2 Å². The largest absolute Gasteiger partial charge is 0.487 e. The van der Waals surface area contributed by atoms with E-state index in [1.807, 2.05) is 18.2 Å². The molecule has 1 aliphatic heterocycles. The molecule has 0 bridgehead atoms. The Hall–Kier alpha value is -0.730. The standard InChI is InChI=1S/C15H19ClO2/c1-2-10-5-6-15(8-10)9-13(17)12-7-11(16)3-4-14(12)18-15/h3-4,7,10,13,17H,2,5-6,8-9H2,1H3/t10?,13-,15?/m1/s1. The summed E-state index contributed by atoms with van der Waals surface area (Å²) in [6.07, 6.45) is 4.81. The van der Waals surface area contributed by atoms with Crippen LogP contribution in [-0.4, -0.2) is 10.7 Å². The minimum atomic E-state index is -0.442. The molecule has 0 aromatic heterocycles. The van der Waals surface area contributed by atoms with Gasteiger partial charge in [-0.05, 0) is 43.4 Å². The third-order valence-corrected chi connectivity index (χ3v) is 4.70. The molecule has 1 spiro atoms. The van der Waals surface area contributed by atoms with Crippen LogP contribution in [0.1, 0.15) is 50.7 Å². The zero-order chi connectivity index (χ0) is 12.8. The maximum Gasteiger partial charge on any atom is 0.126 e. The van der Waals surface area contributed by atoms with Gasteiger partial charge in [-0.2, -0.15) is 0 Å². The van der Waals surface area contributed by atoms with Gasteiger partial charge in [0.25, 0.3) is 0 Å². The second kappa shape index (κ2) is 4.43. The van der Waals surface area contributed by atoms with Crippen molar-refractivity contribution < 1.29 is 9.84 Å². The first kappa shape index (κ1) is 12.3. The van der Waals surface area contributed by atoms with E-state index < -0.39 is 6.10 Å². The molecule has 3 rings (SSSR count). The van der Waals surface area contributed by atoms with Gasteiger partial charge in [0, 0.05) is 17.0 Å². The number of hydrogen-bond acceptors (Lipinski definition) is 2. The van der Waals surface area contributed by atoms with Gasteiger partial charge >= 0.3 is 0 Å². The molecule has 2 aliphatic rings. The molecule has 2 unspecified atom stereocenters. The second-order valence-corrected chi connectivity index (χ2v) is 6.14. The van der Waals surface area contributed by atoms with Crippen LogP contribution >= 0.6 is 11.6 Å². The van der Waals surface area contributed by atoms with Crippen LogP contribution < -0.4 is 4.74 Å². The Morgan fingerprint density at radius 3 is 3.00 bits per heavy atom. The topological polar surface area (TPSA) is 29.5 Å². The van der Waals surface area contributed by atoms with Crippen molar-refractivity contribution in [2.45, 2.75) is 50.7 Å². The van der Waals surface area contributed by atoms with Crippen LogP contribution in [0.3, 0.4) is 0 Å². The Kier molecular flexibility index (Phi) is 3.03. The molecular weight excluding hydrogens is 248 g/mol. The molecule has 98 valence electrons. The molecule has 3 heteroatoms. The van der Waals surface area contributed by atoms with Crippen LogP contribution in [0, 0.1) is 5.92 Å². The van der Waals surface area contributed by atoms with Gasteiger partial charge in [0.05, 0.1) is 6.10 Å². The lowest BCUT2D eigenvalue weighted by molar-refractivity contribution is -0.0121. The highest BCUT2D eigenvalue weighted by Crippen LogP contribution is 2.49. The van der Waals surface area contributed by atoms with Crippen LogP contribution in [-0.2, 0) is 0 Å². The minimum Gasteiger partial charge on any atom is -0.487 e. The third kappa shape index (κ3) is 2.02. The lowest BCUT2D eigenvalue weighted by Gasteiger charge is -2.38. The van der Waals surface area contributed by atoms with Crippen molar-refractivity contribution in [2.24, 2.45) is 5.92 Å². The van der Waals surface area contributed by atoms with Gasteiger partial charge in [0.2, 0.25) is 0 Å². The van der Waals surface area contributed by atoms with Gasteiger partial charge in [-0.3, -0.25) is 0 Å². The van der Waals surface area contributed by atoms with Crippen molar-refractivity contribution in [2.75, 3.05) is 0 Å². The smallest absolute Gasteiger partial charge is 0.126 e. The Bertz CT molecular complexity index is 460. The Morgan fingerprint density at radius 2 is 2.28 bits per heavy atom. The molecular formula is C15H19ClO2. The molecule has 18 heavy (non-hydrogen) atoms. The summed E-state index contributed by atoms with van der Waals surface area (Å²) in [6.45, 7) is 2.23. The van der Waals surface area contributed by atoms with E-state index in [0.29, 0.717) is 11.4 Å². The van der Waals surface area contributed by atoms with Crippen molar-refractivity contribution >= 4 is 11.6 Å². The summed E-state index contributed by atoms with van der Waals surface area (Å²) in [4.78, 5) is 0. The van der Waals surface area contributed by atoms with Gasteiger partial charge in [-0.15, -0.1) is 0 Å². The van der Waals surface area contributed by atoms with E-state index in [-0.39, 0.29) is 5.60 Å². The summed E-state index contributed by atoms with van der Waals surface area (Å²) in [6, 6.07) is 5.54. The van der Waals surface area contributed by atoms with Crippen molar-refractivity contribution in [1.82, 2.24) is 0 Å². The second-order valence-electron chi connectivity index (χ2n) is 5.70. The fourth-order valence-corrected chi connectivity index (χ4v) is 3.61. The first-order chi connectivity index (χ1) is 8.62. The van der Waals surface area contributed by atoms with Crippen LogP contribution in [0.4, 0.5) is 0 Å². The summed E-state index contributed by atoms with van der Waals surface area (Å²) in [5.41, 5.74) is 0.703. The summed E-state index contributed by atoms with van der Waals surface area (Å²) in [5, 5.41) is 11.0. The Labute approximate surface area is 113 Å². The lowest BCUT2D eigenvalue weighted by Crippen LogP contribution is -2.38. The molecule has 0 radical (unpaired) electrons. The van der Waals surface area contributed by atoms with Gasteiger partial charge in [-0.1, -0.05) is 24.9 Å². The van der Waals surface area contributed by atoms with Gasteiger partial charge in [0.1, 0.15) is 11.4 Å². The van der Waals surface area contributed by atoms with Crippen LogP contribution in [0.5, 0.6) is 5.75 Å². The zero-order valence-corrected chi connectivity index (χ0v) is 11.4. The van der Waals surface area contributed by atoms with E-state index in [9.17, 15) is 5.11 Å². The number of halogens is 1.